The molecule has 150 valence electrons. The Morgan fingerprint density at radius 1 is 1.39 bits per heavy atom. The zero-order valence-electron chi connectivity index (χ0n) is 14.0. The highest BCUT2D eigenvalue weighted by Gasteiger charge is 2.46. The van der Waals surface area contributed by atoms with Gasteiger partial charge in [0.2, 0.25) is 5.95 Å². The number of aromatic amines is 1. The molecule has 3 aromatic heterocycles. The summed E-state index contributed by atoms with van der Waals surface area (Å²) < 4.78 is 26.0. The number of nitrogens with zero attached hydrogens (tertiary/aromatic N) is 4. The van der Waals surface area contributed by atoms with Gasteiger partial charge in [-0.2, -0.15) is 4.98 Å². The number of rotatable bonds is 4. The van der Waals surface area contributed by atoms with Gasteiger partial charge in [0.1, 0.15) is 12.2 Å². The molecular formula is C14H15FN6O7. The molecule has 0 aliphatic carbocycles. The van der Waals surface area contributed by atoms with Crippen molar-refractivity contribution in [3.8, 4) is 5.88 Å². The summed E-state index contributed by atoms with van der Waals surface area (Å²) in [6.45, 7) is -1.05. The van der Waals surface area contributed by atoms with Crippen LogP contribution in [0.5, 0.6) is 5.88 Å². The molecule has 28 heavy (non-hydrogen) atoms. The van der Waals surface area contributed by atoms with Gasteiger partial charge >= 0.3 is 5.69 Å². The number of anilines is 1. The predicted octanol–water partition coefficient (Wildman–Crippen LogP) is -2.20. The van der Waals surface area contributed by atoms with E-state index >= 15 is 0 Å². The maximum atomic E-state index is 14.1. The molecule has 14 heteroatoms. The van der Waals surface area contributed by atoms with Crippen molar-refractivity contribution in [3.05, 3.63) is 32.7 Å². The second kappa shape index (κ2) is 6.43. The molecule has 4 heterocycles. The number of aromatic hydroxyl groups is 1. The number of hydrogen-bond acceptors (Lipinski definition) is 10. The van der Waals surface area contributed by atoms with Gasteiger partial charge < -0.3 is 30.3 Å². The Morgan fingerprint density at radius 2 is 2.14 bits per heavy atom. The number of fused-ring (bicyclic) bond motifs is 1. The quantitative estimate of drug-likeness (QED) is 0.322. The van der Waals surface area contributed by atoms with Gasteiger partial charge in [0, 0.05) is 6.07 Å². The third-order valence-corrected chi connectivity index (χ3v) is 4.41. The average molecular weight is 398 g/mol. The van der Waals surface area contributed by atoms with Crippen molar-refractivity contribution in [3.63, 3.8) is 0 Å². The minimum absolute atomic E-state index is 0.0411. The molecule has 3 aromatic rings. The number of halogens is 1. The Bertz CT molecular complexity index is 1150. The lowest BCUT2D eigenvalue weighted by molar-refractivity contribution is -0.0513. The van der Waals surface area contributed by atoms with Crippen molar-refractivity contribution in [2.45, 2.75) is 31.2 Å². The van der Waals surface area contributed by atoms with E-state index in [4.69, 9.17) is 15.0 Å². The minimum Gasteiger partial charge on any atom is -0.491 e. The minimum atomic E-state index is -1.97. The van der Waals surface area contributed by atoms with E-state index in [0.717, 1.165) is 15.2 Å². The number of alkyl halides is 1. The number of nitrogen functional groups attached to an aromatic ring is 1. The van der Waals surface area contributed by atoms with E-state index in [-0.39, 0.29) is 29.4 Å². The fraction of sp³-hybridized carbons (Fsp3) is 0.429. The number of aliphatic hydroxyl groups is 2. The van der Waals surface area contributed by atoms with E-state index in [2.05, 4.69) is 15.1 Å². The average Bonchev–Trinajstić information content (AvgIpc) is 3.25. The van der Waals surface area contributed by atoms with Gasteiger partial charge in [-0.1, -0.05) is 0 Å². The van der Waals surface area contributed by atoms with Crippen LogP contribution >= 0.6 is 0 Å². The molecule has 1 aliphatic heterocycles. The van der Waals surface area contributed by atoms with Crippen molar-refractivity contribution >= 4 is 17.1 Å². The first-order valence-electron chi connectivity index (χ1n) is 8.05. The summed E-state index contributed by atoms with van der Waals surface area (Å²) in [5.74, 6) is -0.702. The van der Waals surface area contributed by atoms with Crippen LogP contribution in [0.25, 0.3) is 11.2 Å². The van der Waals surface area contributed by atoms with Gasteiger partial charge in [-0.15, -0.1) is 0 Å². The smallest absolute Gasteiger partial charge is 0.333 e. The Morgan fingerprint density at radius 3 is 2.75 bits per heavy atom. The third-order valence-electron chi connectivity index (χ3n) is 4.41. The van der Waals surface area contributed by atoms with Crippen molar-refractivity contribution in [2.24, 2.45) is 0 Å². The molecule has 0 bridgehead atoms. The first-order valence-corrected chi connectivity index (χ1v) is 8.05. The Balaban J connectivity index is 1.93. The monoisotopic (exact) mass is 398 g/mol. The number of aliphatic hydroxyl groups excluding tert-OH is 2. The molecular weight excluding hydrogens is 383 g/mol. The largest absolute Gasteiger partial charge is 0.491 e. The van der Waals surface area contributed by atoms with Crippen LogP contribution in [0.2, 0.25) is 0 Å². The summed E-state index contributed by atoms with van der Waals surface area (Å²) in [6.07, 6.45) is -6.69. The number of hydrogen-bond donors (Lipinski definition) is 5. The van der Waals surface area contributed by atoms with Crippen LogP contribution in [0.15, 0.2) is 20.2 Å². The molecule has 0 aromatic carbocycles. The molecule has 0 radical (unpaired) electrons. The van der Waals surface area contributed by atoms with Crippen LogP contribution in [-0.2, 0) is 11.3 Å². The number of nitrogens with one attached hydrogen (secondary N) is 1. The summed E-state index contributed by atoms with van der Waals surface area (Å²) in [7, 11) is 0. The molecule has 1 saturated heterocycles. The number of aromatic nitrogens is 5. The summed E-state index contributed by atoms with van der Waals surface area (Å²) in [4.78, 5) is 31.5. The van der Waals surface area contributed by atoms with E-state index in [1.54, 1.807) is 0 Å². The van der Waals surface area contributed by atoms with Crippen molar-refractivity contribution in [2.75, 3.05) is 12.3 Å². The second-order valence-corrected chi connectivity index (χ2v) is 6.20. The van der Waals surface area contributed by atoms with Gasteiger partial charge in [-0.05, 0) is 5.16 Å². The molecule has 0 amide bonds. The van der Waals surface area contributed by atoms with Gasteiger partial charge in [0.15, 0.2) is 29.3 Å². The standard InChI is InChI=1S/C14H15FN6O7/c15-7-5(3-22)27-12(9(7)24)21-10-8(11(25)18-13(16)17-10)20(14(21)26)2-4-1-6(23)19-28-4/h1,5,7,9,12,22,24H,2-3H2,(H,19,23)(H3,16,17,18,25)/t5-,7-,9-,12-/m1/s1. The van der Waals surface area contributed by atoms with Crippen LogP contribution in [0.3, 0.4) is 0 Å². The fourth-order valence-electron chi connectivity index (χ4n) is 3.18. The van der Waals surface area contributed by atoms with Gasteiger partial charge in [0.05, 0.1) is 13.2 Å². The van der Waals surface area contributed by atoms with E-state index < -0.39 is 48.3 Å². The Kier molecular flexibility index (Phi) is 4.17. The summed E-state index contributed by atoms with van der Waals surface area (Å²) in [6, 6.07) is 1.13. The highest BCUT2D eigenvalue weighted by molar-refractivity contribution is 5.72. The SMILES string of the molecule is Nc1nc2c(c(=O)[nH]1)n(Cc1cc(O)no1)c(=O)n2[C@@H]1O[C@H](CO)[C@@H](F)[C@H]1O. The van der Waals surface area contributed by atoms with Crippen molar-refractivity contribution in [1.82, 2.24) is 24.3 Å². The van der Waals surface area contributed by atoms with E-state index in [1.807, 2.05) is 0 Å². The fourth-order valence-corrected chi connectivity index (χ4v) is 3.18. The van der Waals surface area contributed by atoms with Crippen LogP contribution in [0, 0.1) is 0 Å². The molecule has 1 fully saturated rings. The van der Waals surface area contributed by atoms with Crippen LogP contribution in [-0.4, -0.2) is 64.6 Å². The predicted molar refractivity (Wildman–Crippen MR) is 88.2 cm³/mol. The topological polar surface area (TPSA) is 195 Å². The van der Waals surface area contributed by atoms with E-state index in [1.165, 1.54) is 0 Å². The highest BCUT2D eigenvalue weighted by atomic mass is 19.1. The molecule has 0 spiro atoms. The summed E-state index contributed by atoms with van der Waals surface area (Å²) in [5, 5.41) is 31.9. The molecule has 6 N–H and O–H groups in total. The summed E-state index contributed by atoms with van der Waals surface area (Å²) in [5.41, 5.74) is 3.39. The molecule has 1 aliphatic rings. The molecule has 13 nitrogen and oxygen atoms in total. The number of nitrogens with two attached hydrogens (primary N) is 1. The van der Waals surface area contributed by atoms with Crippen LogP contribution in [0.4, 0.5) is 10.3 Å². The molecule has 0 unspecified atom stereocenters. The lowest BCUT2D eigenvalue weighted by Crippen LogP contribution is -2.34. The van der Waals surface area contributed by atoms with Crippen LogP contribution in [0.1, 0.15) is 12.0 Å². The number of imidazole rings is 1. The first kappa shape index (κ1) is 18.1. The first-order chi connectivity index (χ1) is 13.3. The molecule has 4 atom stereocenters. The lowest BCUT2D eigenvalue weighted by atomic mass is 10.1. The Hall–Kier alpha value is -3.23. The zero-order valence-corrected chi connectivity index (χ0v) is 14.0. The van der Waals surface area contributed by atoms with E-state index in [0.29, 0.717) is 0 Å². The third kappa shape index (κ3) is 2.65. The Labute approximate surface area is 153 Å². The molecule has 0 saturated carbocycles. The van der Waals surface area contributed by atoms with Crippen LogP contribution < -0.4 is 17.0 Å². The maximum absolute atomic E-state index is 14.1. The lowest BCUT2D eigenvalue weighted by Gasteiger charge is -2.15. The van der Waals surface area contributed by atoms with Crippen molar-refractivity contribution in [1.29, 1.82) is 0 Å². The highest BCUT2D eigenvalue weighted by Crippen LogP contribution is 2.32. The number of ether oxygens (including phenoxy) is 1. The van der Waals surface area contributed by atoms with E-state index in [9.17, 15) is 29.3 Å². The zero-order chi connectivity index (χ0) is 20.2. The van der Waals surface area contributed by atoms with Gasteiger partial charge in [0.25, 0.3) is 11.4 Å². The maximum Gasteiger partial charge on any atom is 0.333 e. The van der Waals surface area contributed by atoms with Gasteiger partial charge in [-0.3, -0.25) is 14.3 Å². The second-order valence-electron chi connectivity index (χ2n) is 6.20. The van der Waals surface area contributed by atoms with Crippen molar-refractivity contribution < 1.29 is 29.0 Å². The molecule has 4 rings (SSSR count). The summed E-state index contributed by atoms with van der Waals surface area (Å²) >= 11 is 0. The van der Waals surface area contributed by atoms with Gasteiger partial charge in [-0.25, -0.2) is 13.8 Å². The normalized spacial score (nSPS) is 25.0. The number of H-pyrrole nitrogens is 1.